The fourth-order valence-electron chi connectivity index (χ4n) is 4.22. The quantitative estimate of drug-likeness (QED) is 0.189. The minimum absolute atomic E-state index is 0.0303. The van der Waals surface area contributed by atoms with Crippen LogP contribution in [0.15, 0.2) is 59.0 Å². The average Bonchev–Trinajstić information content (AvgIpc) is 3.25. The van der Waals surface area contributed by atoms with E-state index in [1.54, 1.807) is 0 Å². The number of ether oxygens (including phenoxy) is 1. The molecule has 0 aliphatic carbocycles. The molecule has 7 nitrogen and oxygen atoms in total. The molecule has 1 heterocycles. The Labute approximate surface area is 209 Å². The topological polar surface area (TPSA) is 110 Å². The second kappa shape index (κ2) is 10.4. The Bertz CT molecular complexity index is 1380. The number of carbonyl (C=O) groups is 2. The Morgan fingerprint density at radius 3 is 2.47 bits per heavy atom. The van der Waals surface area contributed by atoms with Crippen LogP contribution in [0.5, 0.6) is 5.75 Å². The first-order valence-electron chi connectivity index (χ1n) is 12.2. The van der Waals surface area contributed by atoms with Gasteiger partial charge in [0.15, 0.2) is 11.5 Å². The lowest BCUT2D eigenvalue weighted by Crippen LogP contribution is -2.23. The number of hydrogen-bond donors (Lipinski definition) is 2. The lowest BCUT2D eigenvalue weighted by Gasteiger charge is -2.18. The Morgan fingerprint density at radius 2 is 1.75 bits per heavy atom. The summed E-state index contributed by atoms with van der Waals surface area (Å²) >= 11 is 0. The fraction of sp³-hybridized carbons (Fsp3) is 0.345. The van der Waals surface area contributed by atoms with Crippen LogP contribution in [-0.4, -0.2) is 33.7 Å². The van der Waals surface area contributed by atoms with Gasteiger partial charge in [0.2, 0.25) is 5.89 Å². The van der Waals surface area contributed by atoms with Crippen molar-refractivity contribution < 1.29 is 29.0 Å². The first kappa shape index (κ1) is 25.2. The normalized spacial score (nSPS) is 11.9. The third kappa shape index (κ3) is 5.67. The van der Waals surface area contributed by atoms with E-state index in [9.17, 15) is 9.59 Å². The summed E-state index contributed by atoms with van der Waals surface area (Å²) in [4.78, 5) is 26.7. The second-order valence-electron chi connectivity index (χ2n) is 10.1. The smallest absolute Gasteiger partial charge is 0.317 e. The zero-order valence-electron chi connectivity index (χ0n) is 20.8. The number of aromatic nitrogens is 1. The summed E-state index contributed by atoms with van der Waals surface area (Å²) in [6.45, 7) is 6.99. The van der Waals surface area contributed by atoms with Crippen molar-refractivity contribution in [2.24, 2.45) is 5.92 Å². The van der Waals surface area contributed by atoms with Gasteiger partial charge in [-0.05, 0) is 71.0 Å². The number of nitrogens with zero attached hydrogens (tertiary/aromatic N) is 1. The summed E-state index contributed by atoms with van der Waals surface area (Å²) in [7, 11) is 0. The first-order valence-corrected chi connectivity index (χ1v) is 12.2. The molecule has 188 valence electrons. The number of hydrogen-bond acceptors (Lipinski definition) is 5. The number of aliphatic carboxylic acids is 2. The highest BCUT2D eigenvalue weighted by Gasteiger charge is 2.24. The molecule has 0 spiro atoms. The Morgan fingerprint density at radius 1 is 0.972 bits per heavy atom. The predicted octanol–water partition coefficient (Wildman–Crippen LogP) is 6.67. The maximum absolute atomic E-state index is 10.9. The summed E-state index contributed by atoms with van der Waals surface area (Å²) in [6.07, 6.45) is 2.05. The van der Waals surface area contributed by atoms with Crippen LogP contribution in [0, 0.1) is 5.92 Å². The number of carboxylic acids is 2. The van der Waals surface area contributed by atoms with Crippen molar-refractivity contribution >= 4 is 33.8 Å². The van der Waals surface area contributed by atoms with Crippen LogP contribution in [0.2, 0.25) is 0 Å². The van der Waals surface area contributed by atoms with E-state index in [0.29, 0.717) is 31.8 Å². The molecule has 3 aromatic carbocycles. The summed E-state index contributed by atoms with van der Waals surface area (Å²) in [5.74, 6) is -2.61. The molecule has 0 saturated carbocycles. The van der Waals surface area contributed by atoms with E-state index in [1.165, 1.54) is 5.56 Å². The molecule has 0 radical (unpaired) electrons. The minimum atomic E-state index is -1.35. The minimum Gasteiger partial charge on any atom is -0.494 e. The van der Waals surface area contributed by atoms with Gasteiger partial charge in [0.25, 0.3) is 0 Å². The van der Waals surface area contributed by atoms with Gasteiger partial charge in [0, 0.05) is 5.56 Å². The van der Waals surface area contributed by atoms with E-state index >= 15 is 0 Å². The number of rotatable bonds is 10. The summed E-state index contributed by atoms with van der Waals surface area (Å²) in [5, 5.41) is 19.9. The van der Waals surface area contributed by atoms with Gasteiger partial charge in [-0.1, -0.05) is 51.8 Å². The van der Waals surface area contributed by atoms with Crippen LogP contribution in [0.1, 0.15) is 52.0 Å². The summed E-state index contributed by atoms with van der Waals surface area (Å²) in [5.41, 5.74) is 3.75. The highest BCUT2D eigenvalue weighted by molar-refractivity contribution is 5.96. The van der Waals surface area contributed by atoms with Crippen LogP contribution < -0.4 is 4.74 Å². The van der Waals surface area contributed by atoms with Crippen molar-refractivity contribution in [2.45, 2.75) is 51.9 Å². The molecule has 0 amide bonds. The molecule has 4 aromatic rings. The van der Waals surface area contributed by atoms with Crippen molar-refractivity contribution in [3.63, 3.8) is 0 Å². The lowest BCUT2D eigenvalue weighted by atomic mass is 9.87. The highest BCUT2D eigenvalue weighted by atomic mass is 16.5. The van der Waals surface area contributed by atoms with Crippen molar-refractivity contribution in [3.05, 3.63) is 60.2 Å². The van der Waals surface area contributed by atoms with Crippen molar-refractivity contribution in [1.29, 1.82) is 0 Å². The van der Waals surface area contributed by atoms with Gasteiger partial charge in [0.05, 0.1) is 6.61 Å². The number of carboxylic acid groups (broad SMARTS) is 2. The molecular weight excluding hydrogens is 458 g/mol. The second-order valence-corrected chi connectivity index (χ2v) is 10.1. The largest absolute Gasteiger partial charge is 0.494 e. The Hall–Kier alpha value is -3.87. The SMILES string of the molecule is CC(C)(C)c1ccc2oc(-c3cccc4cc(OCCCCCC(C(=O)O)C(=O)O)ccc34)nc2c1. The van der Waals surface area contributed by atoms with E-state index in [-0.39, 0.29) is 11.8 Å². The Balaban J connectivity index is 1.42. The first-order chi connectivity index (χ1) is 17.1. The molecule has 2 N–H and O–H groups in total. The highest BCUT2D eigenvalue weighted by Crippen LogP contribution is 2.34. The monoisotopic (exact) mass is 489 g/mol. The number of unbranched alkanes of at least 4 members (excludes halogenated alkanes) is 2. The summed E-state index contributed by atoms with van der Waals surface area (Å²) in [6, 6.07) is 18.0. The third-order valence-electron chi connectivity index (χ3n) is 6.34. The van der Waals surface area contributed by atoms with Gasteiger partial charge >= 0.3 is 11.9 Å². The van der Waals surface area contributed by atoms with E-state index in [2.05, 4.69) is 32.9 Å². The van der Waals surface area contributed by atoms with Gasteiger partial charge in [-0.25, -0.2) is 4.98 Å². The predicted molar refractivity (Wildman–Crippen MR) is 138 cm³/mol. The molecule has 0 atom stereocenters. The zero-order chi connectivity index (χ0) is 25.9. The molecule has 4 rings (SSSR count). The van der Waals surface area contributed by atoms with Gasteiger partial charge in [-0.15, -0.1) is 0 Å². The zero-order valence-corrected chi connectivity index (χ0v) is 20.8. The van der Waals surface area contributed by atoms with Crippen molar-refractivity contribution in [2.75, 3.05) is 6.61 Å². The van der Waals surface area contributed by atoms with Gasteiger partial charge in [0.1, 0.15) is 11.3 Å². The standard InChI is InChI=1S/C29H31NO6/c1-29(2,3)19-11-14-25-24(17-19)30-26(36-25)22-10-7-8-18-16-20(12-13-21(18)22)35-15-6-4-5-9-23(27(31)32)28(33)34/h7-8,10-14,16-17,23H,4-6,9,15H2,1-3H3,(H,31,32)(H,33,34). The molecule has 1 aromatic heterocycles. The molecule has 0 aliphatic rings. The number of oxazole rings is 1. The number of benzene rings is 3. The molecule has 0 fully saturated rings. The van der Waals surface area contributed by atoms with Crippen LogP contribution in [-0.2, 0) is 15.0 Å². The maximum atomic E-state index is 10.9. The van der Waals surface area contributed by atoms with Gasteiger partial charge < -0.3 is 19.4 Å². The third-order valence-corrected chi connectivity index (χ3v) is 6.34. The number of fused-ring (bicyclic) bond motifs is 2. The van der Waals surface area contributed by atoms with Crippen molar-refractivity contribution in [3.8, 4) is 17.2 Å². The molecular formula is C29H31NO6. The fourth-order valence-corrected chi connectivity index (χ4v) is 4.22. The molecule has 0 unspecified atom stereocenters. The van der Waals surface area contributed by atoms with Crippen LogP contribution in [0.3, 0.4) is 0 Å². The Kier molecular flexibility index (Phi) is 7.29. The van der Waals surface area contributed by atoms with Crippen LogP contribution in [0.4, 0.5) is 0 Å². The van der Waals surface area contributed by atoms with E-state index in [0.717, 1.165) is 33.2 Å². The molecule has 36 heavy (non-hydrogen) atoms. The van der Waals surface area contributed by atoms with Crippen LogP contribution >= 0.6 is 0 Å². The molecule has 0 bridgehead atoms. The summed E-state index contributed by atoms with van der Waals surface area (Å²) < 4.78 is 12.0. The van der Waals surface area contributed by atoms with E-state index in [4.69, 9.17) is 24.4 Å². The van der Waals surface area contributed by atoms with Gasteiger partial charge in [-0.3, -0.25) is 9.59 Å². The van der Waals surface area contributed by atoms with Gasteiger partial charge in [-0.2, -0.15) is 0 Å². The van der Waals surface area contributed by atoms with Crippen molar-refractivity contribution in [1.82, 2.24) is 4.98 Å². The van der Waals surface area contributed by atoms with Crippen LogP contribution in [0.25, 0.3) is 33.3 Å². The average molecular weight is 490 g/mol. The molecule has 0 saturated heterocycles. The van der Waals surface area contributed by atoms with E-state index < -0.39 is 17.9 Å². The van der Waals surface area contributed by atoms with E-state index in [1.807, 2.05) is 42.5 Å². The molecule has 7 heteroatoms. The lowest BCUT2D eigenvalue weighted by molar-refractivity contribution is -0.154. The molecule has 0 aliphatic heterocycles. The maximum Gasteiger partial charge on any atom is 0.317 e.